The smallest absolute Gasteiger partial charge is 0.232 e. The van der Waals surface area contributed by atoms with Crippen LogP contribution in [0.5, 0.6) is 17.4 Å². The lowest BCUT2D eigenvalue weighted by molar-refractivity contribution is 0.216. The normalized spacial score (nSPS) is 15.8. The van der Waals surface area contributed by atoms with Crippen LogP contribution in [0.4, 0.5) is 5.69 Å². The Morgan fingerprint density at radius 1 is 1.17 bits per heavy atom. The molecule has 6 heteroatoms. The van der Waals surface area contributed by atoms with E-state index in [0.717, 1.165) is 30.0 Å². The van der Waals surface area contributed by atoms with Crippen molar-refractivity contribution in [1.82, 2.24) is 4.98 Å². The minimum absolute atomic E-state index is 0.0307. The fourth-order valence-corrected chi connectivity index (χ4v) is 3.57. The minimum atomic E-state index is -0.0307. The van der Waals surface area contributed by atoms with E-state index < -0.39 is 0 Å². The van der Waals surface area contributed by atoms with E-state index in [1.165, 1.54) is 0 Å². The molecule has 1 unspecified atom stereocenters. The van der Waals surface area contributed by atoms with Crippen molar-refractivity contribution in [2.75, 3.05) is 18.0 Å². The first kappa shape index (κ1) is 19.1. The lowest BCUT2D eigenvalue weighted by atomic mass is 10.1. The number of nitriles is 1. The molecule has 0 N–H and O–H groups in total. The van der Waals surface area contributed by atoms with Crippen LogP contribution in [0.15, 0.2) is 60.8 Å². The largest absolute Gasteiger partial charge is 0.471 e. The summed E-state index contributed by atoms with van der Waals surface area (Å²) >= 11 is 6.14. The zero-order chi connectivity index (χ0) is 20.2. The van der Waals surface area contributed by atoms with E-state index in [9.17, 15) is 5.26 Å². The van der Waals surface area contributed by atoms with Gasteiger partial charge in [0.2, 0.25) is 5.88 Å². The maximum atomic E-state index is 9.67. The number of hydrogen-bond donors (Lipinski definition) is 0. The first-order valence-corrected chi connectivity index (χ1v) is 9.81. The number of ether oxygens (including phenoxy) is 2. The summed E-state index contributed by atoms with van der Waals surface area (Å²) in [5.41, 5.74) is 2.50. The van der Waals surface area contributed by atoms with Gasteiger partial charge in [-0.2, -0.15) is 5.26 Å². The highest BCUT2D eigenvalue weighted by Crippen LogP contribution is 2.32. The van der Waals surface area contributed by atoms with Crippen molar-refractivity contribution in [3.63, 3.8) is 0 Å². The Kier molecular flexibility index (Phi) is 5.55. The summed E-state index contributed by atoms with van der Waals surface area (Å²) in [7, 11) is 0. The van der Waals surface area contributed by atoms with Crippen LogP contribution in [0.25, 0.3) is 0 Å². The van der Waals surface area contributed by atoms with Crippen LogP contribution < -0.4 is 14.4 Å². The molecule has 0 aliphatic carbocycles. The zero-order valence-electron chi connectivity index (χ0n) is 16.0. The highest BCUT2D eigenvalue weighted by atomic mass is 35.5. The molecule has 3 aromatic rings. The second kappa shape index (κ2) is 8.42. The molecular formula is C23H20ClN3O2. The molecule has 0 radical (unpaired) electrons. The molecule has 4 rings (SSSR count). The second-order valence-corrected chi connectivity index (χ2v) is 7.33. The van der Waals surface area contributed by atoms with Gasteiger partial charge >= 0.3 is 0 Å². The Labute approximate surface area is 175 Å². The van der Waals surface area contributed by atoms with Crippen molar-refractivity contribution in [1.29, 1.82) is 5.26 Å². The quantitative estimate of drug-likeness (QED) is 0.571. The predicted octanol–water partition coefficient (Wildman–Crippen LogP) is 5.37. The molecule has 1 atom stereocenters. The number of para-hydroxylation sites is 1. The molecule has 0 amide bonds. The number of nitrogens with zero attached hydrogens (tertiary/aromatic N) is 3. The lowest BCUT2D eigenvalue weighted by Gasteiger charge is -2.21. The van der Waals surface area contributed by atoms with Gasteiger partial charge in [-0.15, -0.1) is 0 Å². The molecule has 1 saturated heterocycles. The third kappa shape index (κ3) is 4.28. The average Bonchev–Trinajstić information content (AvgIpc) is 3.19. The van der Waals surface area contributed by atoms with E-state index in [2.05, 4.69) is 16.0 Å². The third-order valence-corrected chi connectivity index (χ3v) is 5.19. The number of aryl methyl sites for hydroxylation is 1. The van der Waals surface area contributed by atoms with Gasteiger partial charge in [0.05, 0.1) is 17.8 Å². The Morgan fingerprint density at radius 2 is 2.03 bits per heavy atom. The van der Waals surface area contributed by atoms with Gasteiger partial charge in [0.1, 0.15) is 28.7 Å². The molecule has 29 heavy (non-hydrogen) atoms. The van der Waals surface area contributed by atoms with Crippen molar-refractivity contribution in [3.05, 3.63) is 76.9 Å². The van der Waals surface area contributed by atoms with E-state index in [0.29, 0.717) is 28.8 Å². The molecule has 1 fully saturated rings. The van der Waals surface area contributed by atoms with E-state index in [1.54, 1.807) is 24.4 Å². The molecule has 1 aromatic heterocycles. The van der Waals surface area contributed by atoms with Gasteiger partial charge in [0.25, 0.3) is 0 Å². The second-order valence-electron chi connectivity index (χ2n) is 6.92. The van der Waals surface area contributed by atoms with E-state index in [-0.39, 0.29) is 6.10 Å². The summed E-state index contributed by atoms with van der Waals surface area (Å²) in [5.74, 6) is 1.88. The number of hydrogen-bond acceptors (Lipinski definition) is 5. The van der Waals surface area contributed by atoms with Crippen molar-refractivity contribution < 1.29 is 9.47 Å². The Morgan fingerprint density at radius 3 is 2.83 bits per heavy atom. The summed E-state index contributed by atoms with van der Waals surface area (Å²) in [6.07, 6.45) is 2.46. The molecule has 2 aromatic carbocycles. The molecular weight excluding hydrogens is 386 g/mol. The van der Waals surface area contributed by atoms with Crippen LogP contribution in [-0.2, 0) is 0 Å². The third-order valence-electron chi connectivity index (χ3n) is 4.90. The summed E-state index contributed by atoms with van der Waals surface area (Å²) in [6.45, 7) is 3.45. The molecule has 2 heterocycles. The maximum Gasteiger partial charge on any atom is 0.232 e. The van der Waals surface area contributed by atoms with E-state index in [4.69, 9.17) is 21.1 Å². The first-order chi connectivity index (χ1) is 14.1. The minimum Gasteiger partial charge on any atom is -0.471 e. The molecule has 0 saturated carbocycles. The Hall–Kier alpha value is -3.23. The molecule has 5 nitrogen and oxygen atoms in total. The summed E-state index contributed by atoms with van der Waals surface area (Å²) in [6, 6.07) is 19.2. The number of halogens is 1. The van der Waals surface area contributed by atoms with Crippen molar-refractivity contribution in [2.45, 2.75) is 19.4 Å². The van der Waals surface area contributed by atoms with Crippen molar-refractivity contribution >= 4 is 17.3 Å². The molecule has 0 bridgehead atoms. The zero-order valence-corrected chi connectivity index (χ0v) is 16.8. The molecule has 146 valence electrons. The fraction of sp³-hybridized carbons (Fsp3) is 0.217. The summed E-state index contributed by atoms with van der Waals surface area (Å²) in [4.78, 5) is 6.34. The molecule has 1 aliphatic heterocycles. The summed E-state index contributed by atoms with van der Waals surface area (Å²) in [5, 5.41) is 10.2. The first-order valence-electron chi connectivity index (χ1n) is 9.44. The van der Waals surface area contributed by atoms with Gasteiger partial charge in [-0.25, -0.2) is 4.98 Å². The van der Waals surface area contributed by atoms with Crippen LogP contribution in [0.3, 0.4) is 0 Å². The van der Waals surface area contributed by atoms with Crippen molar-refractivity contribution in [3.8, 4) is 23.4 Å². The highest BCUT2D eigenvalue weighted by molar-refractivity contribution is 6.31. The van der Waals surface area contributed by atoms with Gasteiger partial charge in [0.15, 0.2) is 0 Å². The van der Waals surface area contributed by atoms with Gasteiger partial charge in [-0.05, 0) is 42.8 Å². The molecule has 0 spiro atoms. The topological polar surface area (TPSA) is 58.4 Å². The highest BCUT2D eigenvalue weighted by Gasteiger charge is 2.27. The summed E-state index contributed by atoms with van der Waals surface area (Å²) < 4.78 is 11.9. The predicted molar refractivity (Wildman–Crippen MR) is 113 cm³/mol. The van der Waals surface area contributed by atoms with Crippen LogP contribution >= 0.6 is 11.6 Å². The van der Waals surface area contributed by atoms with Crippen LogP contribution in [-0.4, -0.2) is 24.2 Å². The number of benzene rings is 2. The number of anilines is 1. The van der Waals surface area contributed by atoms with Gasteiger partial charge in [0, 0.05) is 25.2 Å². The van der Waals surface area contributed by atoms with Gasteiger partial charge in [-0.3, -0.25) is 0 Å². The van der Waals surface area contributed by atoms with Gasteiger partial charge in [-0.1, -0.05) is 29.8 Å². The van der Waals surface area contributed by atoms with Gasteiger partial charge < -0.3 is 14.4 Å². The fourth-order valence-electron chi connectivity index (χ4n) is 3.40. The molecule has 1 aliphatic rings. The Bertz CT molecular complexity index is 1060. The SMILES string of the molecule is Cc1ccccc1Oc1ccc(N2CCC(Oc3ncccc3Cl)C2)c(C#N)c1. The van der Waals surface area contributed by atoms with E-state index in [1.807, 2.05) is 43.3 Å². The van der Waals surface area contributed by atoms with Crippen LogP contribution in [0, 0.1) is 18.3 Å². The maximum absolute atomic E-state index is 9.67. The van der Waals surface area contributed by atoms with E-state index >= 15 is 0 Å². The monoisotopic (exact) mass is 405 g/mol. The Balaban J connectivity index is 1.48. The number of aromatic nitrogens is 1. The van der Waals surface area contributed by atoms with Crippen molar-refractivity contribution in [2.24, 2.45) is 0 Å². The van der Waals surface area contributed by atoms with Crippen LogP contribution in [0.2, 0.25) is 5.02 Å². The number of pyridine rings is 1. The van der Waals surface area contributed by atoms with Crippen LogP contribution in [0.1, 0.15) is 17.5 Å². The number of rotatable bonds is 5. The standard InChI is InChI=1S/C23H20ClN3O2/c1-16-5-2-3-7-22(16)28-18-8-9-21(17(13-18)14-25)27-12-10-19(15-27)29-23-20(24)6-4-11-26-23/h2-9,11,13,19H,10,12,15H2,1H3. The lowest BCUT2D eigenvalue weighted by Crippen LogP contribution is -2.25. The average molecular weight is 406 g/mol.